The fraction of sp³-hybridized carbons (Fsp3) is 0.440. The van der Waals surface area contributed by atoms with Crippen molar-refractivity contribution in [3.8, 4) is 5.75 Å². The summed E-state index contributed by atoms with van der Waals surface area (Å²) in [4.78, 5) is 46.0. The molecule has 2 atom stereocenters. The number of carbonyl (C=O) groups excluding carboxylic acids is 3. The van der Waals surface area contributed by atoms with Gasteiger partial charge in [0, 0.05) is 49.5 Å². The van der Waals surface area contributed by atoms with E-state index >= 15 is 0 Å². The van der Waals surface area contributed by atoms with Crippen molar-refractivity contribution in [3.63, 3.8) is 0 Å². The number of hydrogen-bond donors (Lipinski definition) is 1. The molecule has 1 unspecified atom stereocenters. The summed E-state index contributed by atoms with van der Waals surface area (Å²) in [6, 6.07) is 9.17. The Kier molecular flexibility index (Phi) is 7.36. The van der Waals surface area contributed by atoms with E-state index in [0.717, 1.165) is 0 Å². The maximum Gasteiger partial charge on any atom is 0.573 e. The number of carbonyl (C=O) groups is 3. The van der Waals surface area contributed by atoms with Crippen LogP contribution in [0.3, 0.4) is 0 Å². The van der Waals surface area contributed by atoms with Crippen LogP contribution in [0.1, 0.15) is 37.6 Å². The van der Waals surface area contributed by atoms with Crippen molar-refractivity contribution in [2.45, 2.75) is 51.1 Å². The predicted molar refractivity (Wildman–Crippen MR) is 129 cm³/mol. The molecule has 2 amide bonds. The van der Waals surface area contributed by atoms with Crippen molar-refractivity contribution < 1.29 is 32.3 Å². The highest BCUT2D eigenvalue weighted by atomic mass is 35.5. The Labute approximate surface area is 216 Å². The van der Waals surface area contributed by atoms with Crippen molar-refractivity contribution in [3.05, 3.63) is 52.8 Å². The first kappa shape index (κ1) is 26.7. The standard InChI is InChI=1S/C25H26ClF3N4O4/c1-15-4-3-5-20(30-15)24(21(34)13-22(35)31-24)9-8-23(36)32-10-11-33(16(2)14-32)17-6-7-18(26)19(12-17)37-25(27,28)29/h3-7,12,16H,8-11,13-14H2,1-2H3,(H,31,35)/t16-,24?/m0/s1. The number of aryl methyl sites for hydroxylation is 1. The van der Waals surface area contributed by atoms with E-state index in [1.165, 1.54) is 12.1 Å². The lowest BCUT2D eigenvalue weighted by Gasteiger charge is -2.41. The molecular formula is C25H26ClF3N4O4. The Morgan fingerprint density at radius 1 is 1.24 bits per heavy atom. The molecule has 2 saturated heterocycles. The molecule has 0 bridgehead atoms. The summed E-state index contributed by atoms with van der Waals surface area (Å²) >= 11 is 5.86. The van der Waals surface area contributed by atoms with Gasteiger partial charge in [-0.05, 0) is 44.5 Å². The van der Waals surface area contributed by atoms with E-state index in [1.807, 2.05) is 11.8 Å². The molecule has 0 aliphatic carbocycles. The molecule has 12 heteroatoms. The van der Waals surface area contributed by atoms with E-state index in [-0.39, 0.29) is 42.0 Å². The third-order valence-electron chi connectivity index (χ3n) is 6.64. The quantitative estimate of drug-likeness (QED) is 0.563. The maximum absolute atomic E-state index is 13.1. The van der Waals surface area contributed by atoms with Gasteiger partial charge >= 0.3 is 6.36 Å². The molecule has 0 spiro atoms. The normalized spacial score (nSPS) is 22.3. The lowest BCUT2D eigenvalue weighted by Crippen LogP contribution is -2.54. The first-order valence-corrected chi connectivity index (χ1v) is 12.1. The zero-order valence-corrected chi connectivity index (χ0v) is 21.0. The van der Waals surface area contributed by atoms with Crippen LogP contribution in [0, 0.1) is 6.92 Å². The average molecular weight is 539 g/mol. The number of aromatic nitrogens is 1. The van der Waals surface area contributed by atoms with Gasteiger partial charge in [0.1, 0.15) is 11.3 Å². The van der Waals surface area contributed by atoms with Gasteiger partial charge < -0.3 is 19.9 Å². The number of halogens is 4. The van der Waals surface area contributed by atoms with E-state index in [1.54, 1.807) is 36.1 Å². The van der Waals surface area contributed by atoms with Gasteiger partial charge in [-0.3, -0.25) is 19.4 Å². The molecule has 3 heterocycles. The minimum atomic E-state index is -4.87. The number of anilines is 1. The largest absolute Gasteiger partial charge is 0.573 e. The molecule has 2 aromatic rings. The van der Waals surface area contributed by atoms with E-state index < -0.39 is 23.6 Å². The highest BCUT2D eigenvalue weighted by Gasteiger charge is 2.48. The van der Waals surface area contributed by atoms with Crippen molar-refractivity contribution in [2.24, 2.45) is 0 Å². The van der Waals surface area contributed by atoms with Gasteiger partial charge in [0.25, 0.3) is 0 Å². The summed E-state index contributed by atoms with van der Waals surface area (Å²) in [6.45, 7) is 4.67. The molecule has 2 fully saturated rings. The van der Waals surface area contributed by atoms with Crippen LogP contribution in [0.2, 0.25) is 5.02 Å². The Morgan fingerprint density at radius 2 is 2.00 bits per heavy atom. The molecule has 0 radical (unpaired) electrons. The fourth-order valence-corrected chi connectivity index (χ4v) is 5.02. The number of Topliss-reactive ketones (excluding diaryl/α,β-unsaturated/α-hetero) is 1. The van der Waals surface area contributed by atoms with Crippen LogP contribution in [0.15, 0.2) is 36.4 Å². The first-order valence-electron chi connectivity index (χ1n) is 11.8. The summed E-state index contributed by atoms with van der Waals surface area (Å²) in [5.41, 5.74) is 0.249. The van der Waals surface area contributed by atoms with Gasteiger partial charge in [-0.2, -0.15) is 0 Å². The zero-order valence-electron chi connectivity index (χ0n) is 20.3. The number of rotatable bonds is 6. The lowest BCUT2D eigenvalue weighted by atomic mass is 9.86. The maximum atomic E-state index is 13.1. The highest BCUT2D eigenvalue weighted by molar-refractivity contribution is 6.32. The number of piperazine rings is 1. The number of ketones is 1. The van der Waals surface area contributed by atoms with Gasteiger partial charge in [0.15, 0.2) is 5.78 Å². The third kappa shape index (κ3) is 5.82. The van der Waals surface area contributed by atoms with E-state index in [2.05, 4.69) is 15.0 Å². The number of alkyl halides is 3. The summed E-state index contributed by atoms with van der Waals surface area (Å²) in [7, 11) is 0. The lowest BCUT2D eigenvalue weighted by molar-refractivity contribution is -0.274. The summed E-state index contributed by atoms with van der Waals surface area (Å²) in [5.74, 6) is -1.40. The molecule has 198 valence electrons. The molecule has 1 N–H and O–H groups in total. The molecule has 2 aliphatic heterocycles. The number of nitrogens with zero attached hydrogens (tertiary/aromatic N) is 3. The molecular weight excluding hydrogens is 513 g/mol. The summed E-state index contributed by atoms with van der Waals surface area (Å²) < 4.78 is 42.2. The van der Waals surface area contributed by atoms with Crippen LogP contribution in [-0.2, 0) is 19.9 Å². The Bertz CT molecular complexity index is 1220. The van der Waals surface area contributed by atoms with Crippen molar-refractivity contribution in [1.29, 1.82) is 0 Å². The fourth-order valence-electron chi connectivity index (χ4n) is 4.86. The van der Waals surface area contributed by atoms with E-state index in [4.69, 9.17) is 11.6 Å². The minimum absolute atomic E-state index is 0.0128. The first-order chi connectivity index (χ1) is 17.4. The second-order valence-corrected chi connectivity index (χ2v) is 9.67. The number of pyridine rings is 1. The second-order valence-electron chi connectivity index (χ2n) is 9.26. The molecule has 2 aliphatic rings. The number of ether oxygens (including phenoxy) is 1. The predicted octanol–water partition coefficient (Wildman–Crippen LogP) is 3.74. The van der Waals surface area contributed by atoms with E-state index in [9.17, 15) is 27.6 Å². The van der Waals surface area contributed by atoms with E-state index in [0.29, 0.717) is 36.7 Å². The van der Waals surface area contributed by atoms with Gasteiger partial charge in [0.2, 0.25) is 11.8 Å². The number of amides is 2. The molecule has 37 heavy (non-hydrogen) atoms. The SMILES string of the molecule is Cc1cccc(C2(CCC(=O)N3CCN(c4ccc(Cl)c(OC(F)(F)F)c4)[C@@H](C)C3)NC(=O)CC2=O)n1. The van der Waals surface area contributed by atoms with Crippen molar-refractivity contribution in [1.82, 2.24) is 15.2 Å². The molecule has 1 aromatic carbocycles. The van der Waals surface area contributed by atoms with Gasteiger partial charge in [-0.1, -0.05) is 17.7 Å². The van der Waals surface area contributed by atoms with Gasteiger partial charge in [-0.15, -0.1) is 13.2 Å². The Balaban J connectivity index is 1.43. The number of nitrogens with one attached hydrogen (secondary N) is 1. The smallest absolute Gasteiger partial charge is 0.404 e. The topological polar surface area (TPSA) is 91.8 Å². The van der Waals surface area contributed by atoms with Crippen LogP contribution in [0.25, 0.3) is 0 Å². The van der Waals surface area contributed by atoms with Crippen LogP contribution in [0.4, 0.5) is 18.9 Å². The van der Waals surface area contributed by atoms with Gasteiger partial charge in [-0.25, -0.2) is 0 Å². The monoisotopic (exact) mass is 538 g/mol. The highest BCUT2D eigenvalue weighted by Crippen LogP contribution is 2.35. The molecule has 1 aromatic heterocycles. The molecule has 8 nitrogen and oxygen atoms in total. The van der Waals surface area contributed by atoms with Crippen LogP contribution >= 0.6 is 11.6 Å². The van der Waals surface area contributed by atoms with Crippen LogP contribution < -0.4 is 15.0 Å². The molecule has 0 saturated carbocycles. The zero-order chi connectivity index (χ0) is 27.0. The van der Waals surface area contributed by atoms with Crippen LogP contribution in [0.5, 0.6) is 5.75 Å². The number of hydrogen-bond acceptors (Lipinski definition) is 6. The van der Waals surface area contributed by atoms with Gasteiger partial charge in [0.05, 0.1) is 17.1 Å². The summed E-state index contributed by atoms with van der Waals surface area (Å²) in [5, 5.41) is 2.59. The Hall–Kier alpha value is -3.34. The van der Waals surface area contributed by atoms with Crippen molar-refractivity contribution >= 4 is 34.9 Å². The molecule has 4 rings (SSSR count). The third-order valence-corrected chi connectivity index (χ3v) is 6.95. The van der Waals surface area contributed by atoms with Crippen LogP contribution in [-0.4, -0.2) is 59.5 Å². The Morgan fingerprint density at radius 3 is 2.62 bits per heavy atom. The number of benzene rings is 1. The summed E-state index contributed by atoms with van der Waals surface area (Å²) in [6.07, 6.45) is -5.04. The van der Waals surface area contributed by atoms with Crippen molar-refractivity contribution in [2.75, 3.05) is 24.5 Å². The minimum Gasteiger partial charge on any atom is -0.404 e. The average Bonchev–Trinajstić information content (AvgIpc) is 3.12. The second kappa shape index (κ2) is 10.2.